The average Bonchev–Trinajstić information content (AvgIpc) is 2.91. The van der Waals surface area contributed by atoms with Crippen molar-refractivity contribution < 1.29 is 9.59 Å². The molecule has 2 heterocycles. The van der Waals surface area contributed by atoms with Crippen molar-refractivity contribution in [2.24, 2.45) is 0 Å². The third-order valence-corrected chi connectivity index (χ3v) is 3.66. The summed E-state index contributed by atoms with van der Waals surface area (Å²) in [5, 5.41) is 9.06. The summed E-state index contributed by atoms with van der Waals surface area (Å²) in [5.74, 6) is 0.00938. The van der Waals surface area contributed by atoms with Crippen molar-refractivity contribution in [2.45, 2.75) is 25.3 Å². The van der Waals surface area contributed by atoms with Crippen LogP contribution in [0.4, 0.5) is 5.69 Å². The van der Waals surface area contributed by atoms with Gasteiger partial charge in [0.05, 0.1) is 0 Å². The summed E-state index contributed by atoms with van der Waals surface area (Å²) in [7, 11) is 0. The molecule has 100 valence electrons. The Balaban J connectivity index is 1.74. The number of nitrogens with one attached hydrogen (secondary N) is 3. The van der Waals surface area contributed by atoms with Crippen LogP contribution in [0, 0.1) is 0 Å². The van der Waals surface area contributed by atoms with Gasteiger partial charge in [0.2, 0.25) is 5.91 Å². The topological polar surface area (TPSA) is 70.2 Å². The molecule has 1 aromatic carbocycles. The lowest BCUT2D eigenvalue weighted by Crippen LogP contribution is -2.36. The summed E-state index contributed by atoms with van der Waals surface area (Å²) in [5.41, 5.74) is 2.54. The molecular weight excluding hydrogens is 242 g/mol. The van der Waals surface area contributed by atoms with Crippen LogP contribution in [-0.2, 0) is 11.2 Å². The van der Waals surface area contributed by atoms with Gasteiger partial charge in [-0.2, -0.15) is 0 Å². The van der Waals surface area contributed by atoms with Crippen LogP contribution in [0.5, 0.6) is 0 Å². The van der Waals surface area contributed by atoms with Gasteiger partial charge in [0.1, 0.15) is 0 Å². The van der Waals surface area contributed by atoms with Gasteiger partial charge in [-0.3, -0.25) is 9.59 Å². The van der Waals surface area contributed by atoms with Gasteiger partial charge in [-0.05, 0) is 43.1 Å². The minimum absolute atomic E-state index is 0.0339. The van der Waals surface area contributed by atoms with Crippen LogP contribution in [-0.4, -0.2) is 30.9 Å². The number of hydrogen-bond acceptors (Lipinski definition) is 3. The van der Waals surface area contributed by atoms with Gasteiger partial charge in [-0.25, -0.2) is 0 Å². The zero-order valence-corrected chi connectivity index (χ0v) is 10.7. The van der Waals surface area contributed by atoms with E-state index in [1.54, 1.807) is 6.07 Å². The number of hydrogen-bond donors (Lipinski definition) is 3. The van der Waals surface area contributed by atoms with Crippen LogP contribution in [0.25, 0.3) is 0 Å². The van der Waals surface area contributed by atoms with E-state index in [0.717, 1.165) is 30.8 Å². The first kappa shape index (κ1) is 12.2. The third kappa shape index (κ3) is 2.61. The number of aryl methyl sites for hydroxylation is 1. The fourth-order valence-electron chi connectivity index (χ4n) is 2.57. The van der Waals surface area contributed by atoms with E-state index < -0.39 is 0 Å². The summed E-state index contributed by atoms with van der Waals surface area (Å²) in [4.78, 5) is 23.4. The highest BCUT2D eigenvalue weighted by atomic mass is 16.2. The molecule has 1 saturated heterocycles. The molecule has 0 spiro atoms. The molecule has 0 bridgehead atoms. The van der Waals surface area contributed by atoms with Crippen molar-refractivity contribution in [1.29, 1.82) is 0 Å². The number of benzene rings is 1. The monoisotopic (exact) mass is 259 g/mol. The predicted molar refractivity (Wildman–Crippen MR) is 72.1 cm³/mol. The van der Waals surface area contributed by atoms with Crippen LogP contribution in [0.2, 0.25) is 0 Å². The number of carbonyl (C=O) groups excluding carboxylic acids is 2. The molecule has 3 N–H and O–H groups in total. The average molecular weight is 259 g/mol. The molecule has 0 saturated carbocycles. The van der Waals surface area contributed by atoms with E-state index in [2.05, 4.69) is 16.0 Å². The molecule has 2 aliphatic rings. The maximum atomic E-state index is 12.1. The van der Waals surface area contributed by atoms with E-state index in [1.807, 2.05) is 12.1 Å². The molecule has 5 nitrogen and oxygen atoms in total. The molecule has 5 heteroatoms. The highest BCUT2D eigenvalue weighted by Gasteiger charge is 2.20. The van der Waals surface area contributed by atoms with E-state index in [4.69, 9.17) is 0 Å². The number of rotatable bonds is 2. The summed E-state index contributed by atoms with van der Waals surface area (Å²) in [6.07, 6.45) is 2.17. The molecular formula is C14H17N3O2. The second kappa shape index (κ2) is 5.01. The van der Waals surface area contributed by atoms with Gasteiger partial charge in [0, 0.05) is 30.3 Å². The summed E-state index contributed by atoms with van der Waals surface area (Å²) in [6, 6.07) is 5.69. The molecule has 0 aliphatic carbocycles. The number of amides is 2. The Morgan fingerprint density at radius 2 is 2.21 bits per heavy atom. The zero-order chi connectivity index (χ0) is 13.2. The summed E-state index contributed by atoms with van der Waals surface area (Å²) in [6.45, 7) is 1.80. The van der Waals surface area contributed by atoms with Gasteiger partial charge in [0.15, 0.2) is 0 Å². The van der Waals surface area contributed by atoms with Gasteiger partial charge >= 0.3 is 0 Å². The first-order valence-electron chi connectivity index (χ1n) is 6.67. The van der Waals surface area contributed by atoms with E-state index in [0.29, 0.717) is 18.4 Å². The Bertz CT molecular complexity index is 521. The van der Waals surface area contributed by atoms with Crippen LogP contribution >= 0.6 is 0 Å². The molecule has 0 radical (unpaired) electrons. The van der Waals surface area contributed by atoms with E-state index in [1.165, 1.54) is 0 Å². The smallest absolute Gasteiger partial charge is 0.251 e. The van der Waals surface area contributed by atoms with Crippen molar-refractivity contribution in [3.63, 3.8) is 0 Å². The predicted octanol–water partition coefficient (Wildman–Crippen LogP) is 0.663. The van der Waals surface area contributed by atoms with E-state index in [-0.39, 0.29) is 17.9 Å². The summed E-state index contributed by atoms with van der Waals surface area (Å²) >= 11 is 0. The van der Waals surface area contributed by atoms with E-state index in [9.17, 15) is 9.59 Å². The maximum absolute atomic E-state index is 12.1. The van der Waals surface area contributed by atoms with Crippen LogP contribution in [0.3, 0.4) is 0 Å². The second-order valence-corrected chi connectivity index (χ2v) is 5.08. The van der Waals surface area contributed by atoms with Gasteiger partial charge in [-0.1, -0.05) is 0 Å². The van der Waals surface area contributed by atoms with E-state index >= 15 is 0 Å². The first-order valence-corrected chi connectivity index (χ1v) is 6.67. The number of anilines is 1. The molecule has 3 rings (SSSR count). The molecule has 1 atom stereocenters. The lowest BCUT2D eigenvalue weighted by molar-refractivity contribution is -0.116. The Hall–Kier alpha value is -1.88. The fourth-order valence-corrected chi connectivity index (χ4v) is 2.57. The molecule has 0 aromatic heterocycles. The summed E-state index contributed by atoms with van der Waals surface area (Å²) < 4.78 is 0. The first-order chi connectivity index (χ1) is 9.22. The Kier molecular flexibility index (Phi) is 3.21. The number of fused-ring (bicyclic) bond motifs is 1. The van der Waals surface area contributed by atoms with Crippen molar-refractivity contribution in [1.82, 2.24) is 10.6 Å². The minimum Gasteiger partial charge on any atom is -0.348 e. The molecule has 1 aromatic rings. The molecule has 0 unspecified atom stereocenters. The lowest BCUT2D eigenvalue weighted by Gasteiger charge is -2.18. The Labute approximate surface area is 111 Å². The fraction of sp³-hybridized carbons (Fsp3) is 0.429. The third-order valence-electron chi connectivity index (χ3n) is 3.66. The maximum Gasteiger partial charge on any atom is 0.251 e. The van der Waals surface area contributed by atoms with Crippen molar-refractivity contribution >= 4 is 17.5 Å². The normalized spacial score (nSPS) is 21.7. The molecule has 19 heavy (non-hydrogen) atoms. The molecule has 1 fully saturated rings. The standard InChI is InChI=1S/C14H17N3O2/c18-13-4-2-9-7-10(1-3-12(9)17-13)14(19)16-11-5-6-15-8-11/h1,3,7,11,15H,2,4-6,8H2,(H,16,19)(H,17,18)/t11-/m0/s1. The van der Waals surface area contributed by atoms with Gasteiger partial charge < -0.3 is 16.0 Å². The molecule has 2 aliphatic heterocycles. The van der Waals surface area contributed by atoms with Crippen molar-refractivity contribution in [3.05, 3.63) is 29.3 Å². The van der Waals surface area contributed by atoms with Gasteiger partial charge in [-0.15, -0.1) is 0 Å². The quantitative estimate of drug-likeness (QED) is 0.731. The highest BCUT2D eigenvalue weighted by Crippen LogP contribution is 2.23. The minimum atomic E-state index is -0.0339. The lowest BCUT2D eigenvalue weighted by atomic mass is 10.00. The largest absolute Gasteiger partial charge is 0.348 e. The highest BCUT2D eigenvalue weighted by molar-refractivity contribution is 5.98. The van der Waals surface area contributed by atoms with Gasteiger partial charge in [0.25, 0.3) is 5.91 Å². The van der Waals surface area contributed by atoms with Crippen LogP contribution in [0.1, 0.15) is 28.8 Å². The zero-order valence-electron chi connectivity index (χ0n) is 10.7. The molecule has 2 amide bonds. The Morgan fingerprint density at radius 1 is 1.32 bits per heavy atom. The number of carbonyl (C=O) groups is 2. The van der Waals surface area contributed by atoms with Crippen LogP contribution in [0.15, 0.2) is 18.2 Å². The second-order valence-electron chi connectivity index (χ2n) is 5.08. The van der Waals surface area contributed by atoms with Crippen molar-refractivity contribution in [2.75, 3.05) is 18.4 Å². The SMILES string of the molecule is O=C1CCc2cc(C(=O)N[C@H]3CCNC3)ccc2N1. The van der Waals surface area contributed by atoms with Crippen molar-refractivity contribution in [3.8, 4) is 0 Å². The Morgan fingerprint density at radius 3 is 3.00 bits per heavy atom. The van der Waals surface area contributed by atoms with Crippen LogP contribution < -0.4 is 16.0 Å².